The third kappa shape index (κ3) is 4.33. The summed E-state index contributed by atoms with van der Waals surface area (Å²) in [4.78, 5) is 2.14. The van der Waals surface area contributed by atoms with Gasteiger partial charge in [-0.1, -0.05) is 19.1 Å². The molecule has 4 heteroatoms. The predicted molar refractivity (Wildman–Crippen MR) is 88.7 cm³/mol. The van der Waals surface area contributed by atoms with E-state index in [1.807, 2.05) is 17.9 Å². The molecule has 21 heavy (non-hydrogen) atoms. The molecule has 2 rings (SSSR count). The molecule has 0 saturated carbocycles. The second-order valence-corrected chi connectivity index (χ2v) is 5.68. The Balaban J connectivity index is 2.20. The summed E-state index contributed by atoms with van der Waals surface area (Å²) in [6.45, 7) is 3.21. The Morgan fingerprint density at radius 2 is 2.10 bits per heavy atom. The van der Waals surface area contributed by atoms with Crippen LogP contribution in [-0.4, -0.2) is 30.4 Å². The molecule has 1 N–H and O–H groups in total. The van der Waals surface area contributed by atoms with E-state index in [4.69, 9.17) is 0 Å². The Labute approximate surface area is 127 Å². The molecule has 1 aromatic carbocycles. The van der Waals surface area contributed by atoms with Crippen LogP contribution in [0.1, 0.15) is 30.6 Å². The molecule has 2 aromatic rings. The second-order valence-electron chi connectivity index (χ2n) is 5.68. The van der Waals surface area contributed by atoms with Crippen LogP contribution in [0.15, 0.2) is 36.5 Å². The highest BCUT2D eigenvalue weighted by atomic mass is 15.2. The number of anilines is 1. The van der Waals surface area contributed by atoms with Gasteiger partial charge >= 0.3 is 0 Å². The summed E-state index contributed by atoms with van der Waals surface area (Å²) >= 11 is 0. The average Bonchev–Trinajstić information content (AvgIpc) is 2.89. The van der Waals surface area contributed by atoms with Gasteiger partial charge in [0.15, 0.2) is 0 Å². The molecular formula is C17H26N4. The van der Waals surface area contributed by atoms with Gasteiger partial charge in [-0.3, -0.25) is 4.68 Å². The Bertz CT molecular complexity index is 559. The molecule has 0 aliphatic rings. The first-order valence-corrected chi connectivity index (χ1v) is 7.59. The van der Waals surface area contributed by atoms with Crippen molar-refractivity contribution in [3.05, 3.63) is 47.8 Å². The van der Waals surface area contributed by atoms with Gasteiger partial charge in [-0.05, 0) is 36.7 Å². The highest BCUT2D eigenvalue weighted by Gasteiger charge is 2.14. The SMILES string of the molecule is CCCNC(Cc1ccn(C)n1)c1cccc(N(C)C)c1. The number of aromatic nitrogens is 2. The first-order chi connectivity index (χ1) is 10.1. The topological polar surface area (TPSA) is 33.1 Å². The zero-order valence-electron chi connectivity index (χ0n) is 13.5. The average molecular weight is 286 g/mol. The molecule has 4 nitrogen and oxygen atoms in total. The second kappa shape index (κ2) is 7.27. The van der Waals surface area contributed by atoms with E-state index in [1.54, 1.807) is 0 Å². The number of hydrogen-bond donors (Lipinski definition) is 1. The lowest BCUT2D eigenvalue weighted by Gasteiger charge is -2.20. The van der Waals surface area contributed by atoms with Crippen LogP contribution >= 0.6 is 0 Å². The Kier molecular flexibility index (Phi) is 5.39. The van der Waals surface area contributed by atoms with Gasteiger partial charge in [0.05, 0.1) is 5.69 Å². The molecule has 0 aliphatic carbocycles. The van der Waals surface area contributed by atoms with E-state index in [0.717, 1.165) is 25.1 Å². The maximum atomic E-state index is 4.51. The number of rotatable bonds is 7. The molecule has 0 amide bonds. The molecule has 1 atom stereocenters. The minimum Gasteiger partial charge on any atom is -0.378 e. The van der Waals surface area contributed by atoms with Crippen LogP contribution in [0.5, 0.6) is 0 Å². The van der Waals surface area contributed by atoms with Crippen LogP contribution in [0.2, 0.25) is 0 Å². The summed E-state index contributed by atoms with van der Waals surface area (Å²) in [5.74, 6) is 0. The maximum Gasteiger partial charge on any atom is 0.0643 e. The Morgan fingerprint density at radius 1 is 1.29 bits per heavy atom. The standard InChI is InChI=1S/C17H26N4/c1-5-10-18-17(13-15-9-11-21(4)19-15)14-7-6-8-16(12-14)20(2)3/h6-9,11-12,17-18H,5,10,13H2,1-4H3. The minimum atomic E-state index is 0.305. The van der Waals surface area contributed by atoms with Crippen LogP contribution in [-0.2, 0) is 13.5 Å². The van der Waals surface area contributed by atoms with E-state index in [9.17, 15) is 0 Å². The van der Waals surface area contributed by atoms with Gasteiger partial charge in [0.25, 0.3) is 0 Å². The highest BCUT2D eigenvalue weighted by molar-refractivity contribution is 5.48. The number of nitrogens with zero attached hydrogens (tertiary/aromatic N) is 3. The van der Waals surface area contributed by atoms with Gasteiger partial charge in [-0.15, -0.1) is 0 Å². The van der Waals surface area contributed by atoms with Crippen molar-refractivity contribution in [2.45, 2.75) is 25.8 Å². The monoisotopic (exact) mass is 286 g/mol. The quantitative estimate of drug-likeness (QED) is 0.849. The van der Waals surface area contributed by atoms with Crippen LogP contribution in [0, 0.1) is 0 Å². The van der Waals surface area contributed by atoms with Crippen LogP contribution in [0.4, 0.5) is 5.69 Å². The molecule has 1 unspecified atom stereocenters. The minimum absolute atomic E-state index is 0.305. The zero-order valence-corrected chi connectivity index (χ0v) is 13.5. The molecule has 1 aromatic heterocycles. The van der Waals surface area contributed by atoms with E-state index < -0.39 is 0 Å². The largest absolute Gasteiger partial charge is 0.378 e. The van der Waals surface area contributed by atoms with Gasteiger partial charge in [-0.25, -0.2) is 0 Å². The van der Waals surface area contributed by atoms with Crippen molar-refractivity contribution in [1.82, 2.24) is 15.1 Å². The van der Waals surface area contributed by atoms with E-state index in [2.05, 4.69) is 66.7 Å². The van der Waals surface area contributed by atoms with Crippen molar-refractivity contribution in [3.8, 4) is 0 Å². The van der Waals surface area contributed by atoms with Crippen molar-refractivity contribution in [3.63, 3.8) is 0 Å². The fourth-order valence-electron chi connectivity index (χ4n) is 2.43. The lowest BCUT2D eigenvalue weighted by molar-refractivity contribution is 0.521. The van der Waals surface area contributed by atoms with Crippen molar-refractivity contribution >= 4 is 5.69 Å². The van der Waals surface area contributed by atoms with Gasteiger partial charge in [0, 0.05) is 45.5 Å². The van der Waals surface area contributed by atoms with Gasteiger partial charge in [-0.2, -0.15) is 5.10 Å². The smallest absolute Gasteiger partial charge is 0.0643 e. The molecule has 1 heterocycles. The molecule has 0 radical (unpaired) electrons. The summed E-state index contributed by atoms with van der Waals surface area (Å²) in [6, 6.07) is 11.1. The number of benzene rings is 1. The van der Waals surface area contributed by atoms with Crippen molar-refractivity contribution < 1.29 is 0 Å². The van der Waals surface area contributed by atoms with Crippen LogP contribution in [0.25, 0.3) is 0 Å². The summed E-state index contributed by atoms with van der Waals surface area (Å²) in [5.41, 5.74) is 3.68. The Hall–Kier alpha value is -1.81. The summed E-state index contributed by atoms with van der Waals surface area (Å²) < 4.78 is 1.86. The first-order valence-electron chi connectivity index (χ1n) is 7.59. The fourth-order valence-corrected chi connectivity index (χ4v) is 2.43. The molecule has 0 fully saturated rings. The van der Waals surface area contributed by atoms with Gasteiger partial charge in [0.1, 0.15) is 0 Å². The number of aryl methyl sites for hydroxylation is 1. The summed E-state index contributed by atoms with van der Waals surface area (Å²) in [6.07, 6.45) is 4.05. The summed E-state index contributed by atoms with van der Waals surface area (Å²) in [5, 5.41) is 8.15. The fraction of sp³-hybridized carbons (Fsp3) is 0.471. The number of nitrogens with one attached hydrogen (secondary N) is 1. The van der Waals surface area contributed by atoms with E-state index in [0.29, 0.717) is 6.04 Å². The van der Waals surface area contributed by atoms with Gasteiger partial charge in [0.2, 0.25) is 0 Å². The predicted octanol–water partition coefficient (Wildman–Crippen LogP) is 2.77. The van der Waals surface area contributed by atoms with Crippen LogP contribution < -0.4 is 10.2 Å². The van der Waals surface area contributed by atoms with Crippen molar-refractivity contribution in [2.75, 3.05) is 25.5 Å². The van der Waals surface area contributed by atoms with Gasteiger partial charge < -0.3 is 10.2 Å². The summed E-state index contributed by atoms with van der Waals surface area (Å²) in [7, 11) is 6.11. The molecule has 0 aliphatic heterocycles. The molecular weight excluding hydrogens is 260 g/mol. The zero-order chi connectivity index (χ0) is 15.2. The maximum absolute atomic E-state index is 4.51. The number of hydrogen-bond acceptors (Lipinski definition) is 3. The lowest BCUT2D eigenvalue weighted by atomic mass is 10.0. The highest BCUT2D eigenvalue weighted by Crippen LogP contribution is 2.22. The first kappa shape index (κ1) is 15.6. The Morgan fingerprint density at radius 3 is 2.71 bits per heavy atom. The van der Waals surface area contributed by atoms with E-state index in [1.165, 1.54) is 11.3 Å². The van der Waals surface area contributed by atoms with Crippen LogP contribution in [0.3, 0.4) is 0 Å². The van der Waals surface area contributed by atoms with E-state index >= 15 is 0 Å². The van der Waals surface area contributed by atoms with E-state index in [-0.39, 0.29) is 0 Å². The van der Waals surface area contributed by atoms with Crippen molar-refractivity contribution in [2.24, 2.45) is 7.05 Å². The van der Waals surface area contributed by atoms with Crippen molar-refractivity contribution in [1.29, 1.82) is 0 Å². The normalized spacial score (nSPS) is 12.4. The lowest BCUT2D eigenvalue weighted by Crippen LogP contribution is -2.24. The molecule has 114 valence electrons. The molecule has 0 spiro atoms. The molecule has 0 saturated heterocycles. The third-order valence-electron chi connectivity index (χ3n) is 3.61. The third-order valence-corrected chi connectivity index (χ3v) is 3.61. The molecule has 0 bridgehead atoms.